The van der Waals surface area contributed by atoms with Crippen molar-refractivity contribution >= 4 is 40.8 Å². The van der Waals surface area contributed by atoms with Gasteiger partial charge in [-0.2, -0.15) is 5.26 Å². The predicted molar refractivity (Wildman–Crippen MR) is 76.9 cm³/mol. The number of anilines is 1. The van der Waals surface area contributed by atoms with Crippen LogP contribution in [-0.2, 0) is 19.1 Å². The summed E-state index contributed by atoms with van der Waals surface area (Å²) < 4.78 is 8.98. The van der Waals surface area contributed by atoms with E-state index in [1.807, 2.05) is 6.07 Å². The van der Waals surface area contributed by atoms with Crippen LogP contribution in [0.2, 0.25) is 10.0 Å². The molecule has 6 nitrogen and oxygen atoms in total. The molecule has 0 atom stereocenters. The van der Waals surface area contributed by atoms with Crippen molar-refractivity contribution in [1.82, 2.24) is 0 Å². The maximum atomic E-state index is 11.6. The third-order valence-electron chi connectivity index (χ3n) is 2.34. The molecule has 110 valence electrons. The number of carbonyl (C=O) groups excluding carboxylic acids is 2. The van der Waals surface area contributed by atoms with E-state index in [4.69, 9.17) is 28.5 Å². The van der Waals surface area contributed by atoms with Crippen molar-refractivity contribution in [1.29, 1.82) is 5.26 Å². The Labute approximate surface area is 130 Å². The molecule has 0 fully saturated rings. The van der Waals surface area contributed by atoms with Crippen LogP contribution in [-0.4, -0.2) is 26.2 Å². The predicted octanol–water partition coefficient (Wildman–Crippen LogP) is 2.51. The number of carbonyl (C=O) groups is 2. The molecule has 0 aliphatic carbocycles. The number of rotatable bonds is 4. The molecule has 0 spiro atoms. The standard InChI is InChI=1S/C13H10Cl2N2O4/c1-20-11(18)5-10(13(19)21-2)17-9-4-3-8(14)12(15)7(9)6-16/h3-5,17H,1-2H3/b10-5+. The van der Waals surface area contributed by atoms with Gasteiger partial charge < -0.3 is 14.8 Å². The molecule has 0 heterocycles. The van der Waals surface area contributed by atoms with Crippen LogP contribution in [0.4, 0.5) is 5.69 Å². The molecule has 0 aliphatic rings. The number of nitrogens with zero attached hydrogens (tertiary/aromatic N) is 1. The van der Waals surface area contributed by atoms with E-state index in [0.29, 0.717) is 0 Å². The van der Waals surface area contributed by atoms with Crippen LogP contribution in [0.5, 0.6) is 0 Å². The first kappa shape index (κ1) is 16.8. The lowest BCUT2D eigenvalue weighted by Gasteiger charge is -2.11. The topological polar surface area (TPSA) is 88.4 Å². The lowest BCUT2D eigenvalue weighted by atomic mass is 10.2. The van der Waals surface area contributed by atoms with Gasteiger partial charge in [-0.05, 0) is 12.1 Å². The molecule has 0 amide bonds. The summed E-state index contributed by atoms with van der Waals surface area (Å²) >= 11 is 11.7. The summed E-state index contributed by atoms with van der Waals surface area (Å²) in [6.45, 7) is 0. The molecular weight excluding hydrogens is 319 g/mol. The van der Waals surface area contributed by atoms with Crippen LogP contribution in [0.3, 0.4) is 0 Å². The SMILES string of the molecule is COC(=O)/C=C(/Nc1ccc(Cl)c(Cl)c1C#N)C(=O)OC. The van der Waals surface area contributed by atoms with E-state index in [9.17, 15) is 9.59 Å². The second-order valence-corrected chi connectivity index (χ2v) is 4.38. The Balaban J connectivity index is 3.26. The number of nitrogens with one attached hydrogen (secondary N) is 1. The van der Waals surface area contributed by atoms with Gasteiger partial charge in [0.1, 0.15) is 11.8 Å². The van der Waals surface area contributed by atoms with Crippen molar-refractivity contribution in [2.24, 2.45) is 0 Å². The van der Waals surface area contributed by atoms with Crippen molar-refractivity contribution in [2.75, 3.05) is 19.5 Å². The average molecular weight is 329 g/mol. The van der Waals surface area contributed by atoms with Gasteiger partial charge in [-0.1, -0.05) is 23.2 Å². The minimum atomic E-state index is -0.810. The van der Waals surface area contributed by atoms with Gasteiger partial charge in [0.25, 0.3) is 0 Å². The van der Waals surface area contributed by atoms with Crippen LogP contribution < -0.4 is 5.32 Å². The average Bonchev–Trinajstić information content (AvgIpc) is 2.49. The van der Waals surface area contributed by atoms with Gasteiger partial charge in [0, 0.05) is 0 Å². The van der Waals surface area contributed by atoms with Crippen molar-refractivity contribution < 1.29 is 19.1 Å². The highest BCUT2D eigenvalue weighted by Crippen LogP contribution is 2.31. The fourth-order valence-corrected chi connectivity index (χ4v) is 1.71. The van der Waals surface area contributed by atoms with Crippen molar-refractivity contribution in [2.45, 2.75) is 0 Å². The number of methoxy groups -OCH3 is 2. The van der Waals surface area contributed by atoms with E-state index in [1.54, 1.807) is 0 Å². The Morgan fingerprint density at radius 3 is 2.48 bits per heavy atom. The summed E-state index contributed by atoms with van der Waals surface area (Å²) in [4.78, 5) is 22.9. The Hall–Kier alpha value is -2.23. The van der Waals surface area contributed by atoms with Gasteiger partial charge in [-0.25, -0.2) is 9.59 Å². The van der Waals surface area contributed by atoms with Crippen LogP contribution in [0.15, 0.2) is 23.9 Å². The van der Waals surface area contributed by atoms with E-state index in [-0.39, 0.29) is 27.0 Å². The summed E-state index contributed by atoms with van der Waals surface area (Å²) in [6, 6.07) is 4.75. The second-order valence-electron chi connectivity index (χ2n) is 3.59. The summed E-state index contributed by atoms with van der Waals surface area (Å²) in [5.74, 6) is -1.57. The lowest BCUT2D eigenvalue weighted by Crippen LogP contribution is -2.16. The van der Waals surface area contributed by atoms with E-state index in [1.165, 1.54) is 12.1 Å². The van der Waals surface area contributed by atoms with Gasteiger partial charge >= 0.3 is 11.9 Å². The number of halogens is 2. The number of nitriles is 1. The fourth-order valence-electron chi connectivity index (χ4n) is 1.34. The zero-order valence-electron chi connectivity index (χ0n) is 11.1. The van der Waals surface area contributed by atoms with Gasteiger partial charge in [0.2, 0.25) is 0 Å². The van der Waals surface area contributed by atoms with Crippen LogP contribution in [0.1, 0.15) is 5.56 Å². The normalized spacial score (nSPS) is 10.5. The summed E-state index contributed by atoms with van der Waals surface area (Å²) in [7, 11) is 2.31. The van der Waals surface area contributed by atoms with Crippen molar-refractivity contribution in [3.63, 3.8) is 0 Å². The molecule has 8 heteroatoms. The monoisotopic (exact) mass is 328 g/mol. The smallest absolute Gasteiger partial charge is 0.354 e. The largest absolute Gasteiger partial charge is 0.466 e. The third kappa shape index (κ3) is 4.12. The lowest BCUT2D eigenvalue weighted by molar-refractivity contribution is -0.138. The second kappa shape index (κ2) is 7.53. The molecule has 0 unspecified atom stereocenters. The van der Waals surface area contributed by atoms with Crippen molar-refractivity contribution in [3.05, 3.63) is 39.5 Å². The summed E-state index contributed by atoms with van der Waals surface area (Å²) in [6.07, 6.45) is 0.898. The fraction of sp³-hybridized carbons (Fsp3) is 0.154. The first-order valence-electron chi connectivity index (χ1n) is 5.47. The molecule has 0 bridgehead atoms. The maximum Gasteiger partial charge on any atom is 0.354 e. The molecule has 0 radical (unpaired) electrons. The van der Waals surface area contributed by atoms with Crippen LogP contribution in [0, 0.1) is 11.3 Å². The molecule has 1 rings (SSSR count). The quantitative estimate of drug-likeness (QED) is 0.674. The number of hydrogen-bond acceptors (Lipinski definition) is 6. The Kier molecular flexibility index (Phi) is 6.03. The first-order valence-corrected chi connectivity index (χ1v) is 6.23. The number of hydrogen-bond donors (Lipinski definition) is 1. The van der Waals surface area contributed by atoms with Crippen LogP contribution >= 0.6 is 23.2 Å². The maximum absolute atomic E-state index is 11.6. The first-order chi connectivity index (χ1) is 9.94. The highest BCUT2D eigenvalue weighted by atomic mass is 35.5. The number of benzene rings is 1. The zero-order chi connectivity index (χ0) is 16.0. The zero-order valence-corrected chi connectivity index (χ0v) is 12.6. The van der Waals surface area contributed by atoms with E-state index >= 15 is 0 Å². The van der Waals surface area contributed by atoms with E-state index in [2.05, 4.69) is 14.8 Å². The molecule has 1 N–H and O–H groups in total. The molecule has 0 saturated heterocycles. The van der Waals surface area contributed by atoms with Crippen molar-refractivity contribution in [3.8, 4) is 6.07 Å². The third-order valence-corrected chi connectivity index (χ3v) is 3.15. The summed E-state index contributed by atoms with van der Waals surface area (Å²) in [5.41, 5.74) is 0.0236. The minimum absolute atomic E-state index is 0.0313. The minimum Gasteiger partial charge on any atom is -0.466 e. The van der Waals surface area contributed by atoms with Gasteiger partial charge in [-0.3, -0.25) is 0 Å². The molecule has 1 aromatic carbocycles. The molecule has 0 saturated carbocycles. The Bertz CT molecular complexity index is 650. The molecule has 21 heavy (non-hydrogen) atoms. The van der Waals surface area contributed by atoms with Gasteiger partial charge in [0.05, 0.1) is 41.6 Å². The van der Waals surface area contributed by atoms with E-state index in [0.717, 1.165) is 20.3 Å². The highest BCUT2D eigenvalue weighted by molar-refractivity contribution is 6.43. The molecule has 1 aromatic rings. The summed E-state index contributed by atoms with van der Waals surface area (Å²) in [5, 5.41) is 11.9. The Morgan fingerprint density at radius 1 is 1.29 bits per heavy atom. The molecule has 0 aromatic heterocycles. The number of esters is 2. The van der Waals surface area contributed by atoms with Gasteiger partial charge in [-0.15, -0.1) is 0 Å². The highest BCUT2D eigenvalue weighted by Gasteiger charge is 2.17. The molecular formula is C13H10Cl2N2O4. The van der Waals surface area contributed by atoms with Gasteiger partial charge in [0.15, 0.2) is 0 Å². The molecule has 0 aliphatic heterocycles. The van der Waals surface area contributed by atoms with E-state index < -0.39 is 11.9 Å². The van der Waals surface area contributed by atoms with Crippen LogP contribution in [0.25, 0.3) is 0 Å². The Morgan fingerprint density at radius 2 is 1.95 bits per heavy atom. The number of ether oxygens (including phenoxy) is 2.